The van der Waals surface area contributed by atoms with E-state index in [1.54, 1.807) is 14.2 Å². The molecule has 0 unspecified atom stereocenters. The van der Waals surface area contributed by atoms with Crippen molar-refractivity contribution in [1.29, 1.82) is 0 Å². The summed E-state index contributed by atoms with van der Waals surface area (Å²) >= 11 is 0. The molecule has 0 aromatic heterocycles. The van der Waals surface area contributed by atoms with Crippen LogP contribution >= 0.6 is 0 Å². The van der Waals surface area contributed by atoms with Crippen LogP contribution in [-0.4, -0.2) is 27.4 Å². The quantitative estimate of drug-likeness (QED) is 0.749. The van der Waals surface area contributed by atoms with Crippen molar-refractivity contribution in [3.8, 4) is 5.75 Å². The Balaban J connectivity index is 2.63. The number of benzene rings is 1. The van der Waals surface area contributed by atoms with Crippen LogP contribution in [0.25, 0.3) is 0 Å². The topological polar surface area (TPSA) is 30.5 Å². The maximum absolute atomic E-state index is 5.28. The monoisotopic (exact) mass is 223 g/mol. The van der Waals surface area contributed by atoms with E-state index in [4.69, 9.17) is 9.47 Å². The van der Waals surface area contributed by atoms with E-state index < -0.39 is 0 Å². The number of aryl methyl sites for hydroxylation is 2. The molecule has 3 heteroatoms. The zero-order chi connectivity index (χ0) is 12.0. The number of rotatable bonds is 6. The van der Waals surface area contributed by atoms with E-state index in [1.165, 1.54) is 16.7 Å². The number of methoxy groups -OCH3 is 2. The number of hydrogen-bond acceptors (Lipinski definition) is 3. The summed E-state index contributed by atoms with van der Waals surface area (Å²) < 4.78 is 10.3. The Morgan fingerprint density at radius 1 is 1.12 bits per heavy atom. The summed E-state index contributed by atoms with van der Waals surface area (Å²) in [5.41, 5.74) is 3.75. The third kappa shape index (κ3) is 3.51. The minimum Gasteiger partial charge on any atom is -0.496 e. The summed E-state index contributed by atoms with van der Waals surface area (Å²) in [6, 6.07) is 4.26. The molecule has 0 radical (unpaired) electrons. The fourth-order valence-electron chi connectivity index (χ4n) is 1.66. The summed E-state index contributed by atoms with van der Waals surface area (Å²) in [7, 11) is 3.42. The van der Waals surface area contributed by atoms with Crippen molar-refractivity contribution >= 4 is 0 Å². The first-order valence-electron chi connectivity index (χ1n) is 5.52. The first-order valence-corrected chi connectivity index (χ1v) is 5.52. The summed E-state index contributed by atoms with van der Waals surface area (Å²) in [4.78, 5) is 0. The molecule has 0 aliphatic rings. The Morgan fingerprint density at radius 3 is 2.50 bits per heavy atom. The van der Waals surface area contributed by atoms with Crippen molar-refractivity contribution in [3.63, 3.8) is 0 Å². The van der Waals surface area contributed by atoms with Gasteiger partial charge in [0.05, 0.1) is 13.7 Å². The van der Waals surface area contributed by atoms with Gasteiger partial charge in [0.1, 0.15) is 5.75 Å². The Labute approximate surface area is 97.8 Å². The summed E-state index contributed by atoms with van der Waals surface area (Å²) in [6.07, 6.45) is 0. The predicted molar refractivity (Wildman–Crippen MR) is 66.1 cm³/mol. The molecule has 0 atom stereocenters. The molecule has 16 heavy (non-hydrogen) atoms. The van der Waals surface area contributed by atoms with Crippen LogP contribution in [0.4, 0.5) is 0 Å². The van der Waals surface area contributed by atoms with Gasteiger partial charge in [0.15, 0.2) is 0 Å². The highest BCUT2D eigenvalue weighted by atomic mass is 16.5. The van der Waals surface area contributed by atoms with E-state index in [0.29, 0.717) is 0 Å². The third-order valence-corrected chi connectivity index (χ3v) is 2.65. The smallest absolute Gasteiger partial charge is 0.122 e. The second-order valence-corrected chi connectivity index (χ2v) is 3.92. The number of nitrogens with one attached hydrogen (secondary N) is 1. The standard InChI is InChI=1S/C13H21NO2/c1-10-8-13(16-4)11(2)7-12(10)9-14-5-6-15-3/h7-8,14H,5-6,9H2,1-4H3. The van der Waals surface area contributed by atoms with Crippen LogP contribution in [-0.2, 0) is 11.3 Å². The van der Waals surface area contributed by atoms with Gasteiger partial charge in [0.2, 0.25) is 0 Å². The van der Waals surface area contributed by atoms with E-state index in [9.17, 15) is 0 Å². The largest absolute Gasteiger partial charge is 0.496 e. The molecule has 0 spiro atoms. The van der Waals surface area contributed by atoms with Crippen molar-refractivity contribution in [2.45, 2.75) is 20.4 Å². The van der Waals surface area contributed by atoms with E-state index in [-0.39, 0.29) is 0 Å². The second kappa shape index (κ2) is 6.51. The molecule has 0 saturated carbocycles. The van der Waals surface area contributed by atoms with Crippen molar-refractivity contribution < 1.29 is 9.47 Å². The van der Waals surface area contributed by atoms with Gasteiger partial charge in [-0.1, -0.05) is 6.07 Å². The summed E-state index contributed by atoms with van der Waals surface area (Å²) in [5, 5.41) is 3.34. The average molecular weight is 223 g/mol. The fourth-order valence-corrected chi connectivity index (χ4v) is 1.66. The van der Waals surface area contributed by atoms with Crippen molar-refractivity contribution in [3.05, 3.63) is 28.8 Å². The zero-order valence-corrected chi connectivity index (χ0v) is 10.6. The van der Waals surface area contributed by atoms with Crippen LogP contribution in [0.15, 0.2) is 12.1 Å². The Bertz CT molecular complexity index is 337. The van der Waals surface area contributed by atoms with Crippen molar-refractivity contribution in [2.75, 3.05) is 27.4 Å². The molecule has 90 valence electrons. The van der Waals surface area contributed by atoms with Gasteiger partial charge in [0.25, 0.3) is 0 Å². The highest BCUT2D eigenvalue weighted by Crippen LogP contribution is 2.22. The molecule has 1 aromatic carbocycles. The third-order valence-electron chi connectivity index (χ3n) is 2.65. The molecule has 1 rings (SSSR count). The van der Waals surface area contributed by atoms with Gasteiger partial charge in [-0.05, 0) is 36.6 Å². The SMILES string of the molecule is COCCNCc1cc(C)c(OC)cc1C. The lowest BCUT2D eigenvalue weighted by molar-refractivity contribution is 0.199. The normalized spacial score (nSPS) is 10.5. The van der Waals surface area contributed by atoms with Gasteiger partial charge in [0, 0.05) is 20.2 Å². The van der Waals surface area contributed by atoms with Crippen molar-refractivity contribution in [1.82, 2.24) is 5.32 Å². The molecule has 0 fully saturated rings. The van der Waals surface area contributed by atoms with Crippen molar-refractivity contribution in [2.24, 2.45) is 0 Å². The second-order valence-electron chi connectivity index (χ2n) is 3.92. The summed E-state index contributed by atoms with van der Waals surface area (Å²) in [5.74, 6) is 0.957. The van der Waals surface area contributed by atoms with E-state index in [0.717, 1.165) is 25.4 Å². The lowest BCUT2D eigenvalue weighted by Gasteiger charge is -2.12. The maximum Gasteiger partial charge on any atom is 0.122 e. The lowest BCUT2D eigenvalue weighted by atomic mass is 10.0. The maximum atomic E-state index is 5.28. The van der Waals surface area contributed by atoms with Gasteiger partial charge in [-0.25, -0.2) is 0 Å². The van der Waals surface area contributed by atoms with E-state index in [2.05, 4.69) is 31.3 Å². The molecule has 1 N–H and O–H groups in total. The van der Waals surface area contributed by atoms with E-state index in [1.807, 2.05) is 0 Å². The molecule has 3 nitrogen and oxygen atoms in total. The highest BCUT2D eigenvalue weighted by Gasteiger charge is 2.04. The molecule has 0 aliphatic carbocycles. The van der Waals surface area contributed by atoms with Crippen LogP contribution in [0.2, 0.25) is 0 Å². The Morgan fingerprint density at radius 2 is 1.88 bits per heavy atom. The first kappa shape index (κ1) is 13.0. The molecule has 0 amide bonds. The highest BCUT2D eigenvalue weighted by molar-refractivity contribution is 5.41. The molecule has 0 aliphatic heterocycles. The molecule has 0 bridgehead atoms. The molecular weight excluding hydrogens is 202 g/mol. The number of ether oxygens (including phenoxy) is 2. The first-order chi connectivity index (χ1) is 7.69. The summed E-state index contributed by atoms with van der Waals surface area (Å²) in [6.45, 7) is 6.67. The van der Waals surface area contributed by atoms with Gasteiger partial charge in [-0.3, -0.25) is 0 Å². The molecule has 0 heterocycles. The molecular formula is C13H21NO2. The minimum absolute atomic E-state index is 0.744. The van der Waals surface area contributed by atoms with Gasteiger partial charge in [-0.15, -0.1) is 0 Å². The Hall–Kier alpha value is -1.06. The molecule has 1 aromatic rings. The van der Waals surface area contributed by atoms with Gasteiger partial charge < -0.3 is 14.8 Å². The van der Waals surface area contributed by atoms with Crippen LogP contribution < -0.4 is 10.1 Å². The zero-order valence-electron chi connectivity index (χ0n) is 10.6. The van der Waals surface area contributed by atoms with Crippen LogP contribution in [0, 0.1) is 13.8 Å². The fraction of sp³-hybridized carbons (Fsp3) is 0.538. The van der Waals surface area contributed by atoms with Gasteiger partial charge in [-0.2, -0.15) is 0 Å². The van der Waals surface area contributed by atoms with E-state index >= 15 is 0 Å². The van der Waals surface area contributed by atoms with Crippen LogP contribution in [0.5, 0.6) is 5.75 Å². The Kier molecular flexibility index (Phi) is 5.29. The number of hydrogen-bond donors (Lipinski definition) is 1. The van der Waals surface area contributed by atoms with Gasteiger partial charge >= 0.3 is 0 Å². The molecule has 0 saturated heterocycles. The van der Waals surface area contributed by atoms with Crippen LogP contribution in [0.1, 0.15) is 16.7 Å². The van der Waals surface area contributed by atoms with Crippen LogP contribution in [0.3, 0.4) is 0 Å². The minimum atomic E-state index is 0.744. The average Bonchev–Trinajstić information content (AvgIpc) is 2.28. The predicted octanol–water partition coefficient (Wildman–Crippen LogP) is 2.05. The lowest BCUT2D eigenvalue weighted by Crippen LogP contribution is -2.19.